The summed E-state index contributed by atoms with van der Waals surface area (Å²) in [6.07, 6.45) is 2.37. The fourth-order valence-electron chi connectivity index (χ4n) is 1.71. The number of hydrogen-bond donors (Lipinski definition) is 1. The highest BCUT2D eigenvalue weighted by Gasteiger charge is 2.17. The Labute approximate surface area is 118 Å². The third-order valence-electron chi connectivity index (χ3n) is 2.60. The lowest BCUT2D eigenvalue weighted by Crippen LogP contribution is -2.06. The van der Waals surface area contributed by atoms with E-state index in [-0.39, 0.29) is 12.0 Å². The predicted molar refractivity (Wildman–Crippen MR) is 72.0 cm³/mol. The van der Waals surface area contributed by atoms with Gasteiger partial charge in [0.1, 0.15) is 5.82 Å². The van der Waals surface area contributed by atoms with Crippen LogP contribution < -0.4 is 0 Å². The molecule has 0 aliphatic heterocycles. The summed E-state index contributed by atoms with van der Waals surface area (Å²) in [5, 5.41) is 10.6. The number of pyridine rings is 1. The van der Waals surface area contributed by atoms with E-state index in [1.807, 2.05) is 0 Å². The second-order valence-corrected chi connectivity index (χ2v) is 5.08. The topological polar surface area (TPSA) is 33.1 Å². The van der Waals surface area contributed by atoms with Crippen LogP contribution in [-0.4, -0.2) is 10.1 Å². The first-order valence-electron chi connectivity index (χ1n) is 5.30. The van der Waals surface area contributed by atoms with Crippen LogP contribution in [-0.2, 0) is 6.42 Å². The van der Waals surface area contributed by atoms with E-state index in [4.69, 9.17) is 11.6 Å². The Morgan fingerprint density at radius 2 is 2.17 bits per heavy atom. The van der Waals surface area contributed by atoms with Crippen molar-refractivity contribution in [3.63, 3.8) is 0 Å². The molecule has 0 amide bonds. The van der Waals surface area contributed by atoms with Crippen LogP contribution in [0.4, 0.5) is 4.39 Å². The van der Waals surface area contributed by atoms with Gasteiger partial charge in [-0.2, -0.15) is 0 Å². The molecule has 18 heavy (non-hydrogen) atoms. The van der Waals surface area contributed by atoms with Crippen molar-refractivity contribution in [3.05, 3.63) is 63.1 Å². The zero-order valence-electron chi connectivity index (χ0n) is 9.28. The maximum Gasteiger partial charge on any atom is 0.130 e. The van der Waals surface area contributed by atoms with E-state index in [0.29, 0.717) is 9.50 Å². The summed E-state index contributed by atoms with van der Waals surface area (Å²) in [5.41, 5.74) is 0.972. The van der Waals surface area contributed by atoms with Crippen LogP contribution in [0, 0.1) is 5.82 Å². The molecule has 5 heteroatoms. The lowest BCUT2D eigenvalue weighted by molar-refractivity contribution is 0.173. The average Bonchev–Trinajstić information content (AvgIpc) is 2.32. The molecule has 1 atom stereocenters. The molecule has 2 rings (SSSR count). The molecule has 0 fully saturated rings. The first-order chi connectivity index (χ1) is 8.59. The Kier molecular flexibility index (Phi) is 4.32. The molecule has 0 aliphatic rings. The van der Waals surface area contributed by atoms with Crippen molar-refractivity contribution in [1.29, 1.82) is 0 Å². The maximum absolute atomic E-state index is 13.7. The van der Waals surface area contributed by atoms with E-state index >= 15 is 0 Å². The monoisotopic (exact) mass is 329 g/mol. The Morgan fingerprint density at radius 3 is 2.83 bits per heavy atom. The van der Waals surface area contributed by atoms with Crippen molar-refractivity contribution >= 4 is 27.5 Å². The molecule has 1 unspecified atom stereocenters. The Bertz CT molecular complexity index is 544. The number of hydrogen-bond acceptors (Lipinski definition) is 2. The van der Waals surface area contributed by atoms with Crippen molar-refractivity contribution < 1.29 is 9.50 Å². The minimum absolute atomic E-state index is 0.237. The summed E-state index contributed by atoms with van der Waals surface area (Å²) in [6.45, 7) is 0. The van der Waals surface area contributed by atoms with E-state index in [9.17, 15) is 9.50 Å². The van der Waals surface area contributed by atoms with Crippen molar-refractivity contribution in [2.45, 2.75) is 12.5 Å². The fourth-order valence-corrected chi connectivity index (χ4v) is 2.51. The largest absolute Gasteiger partial charge is 0.388 e. The van der Waals surface area contributed by atoms with Crippen LogP contribution in [0.5, 0.6) is 0 Å². The van der Waals surface area contributed by atoms with Crippen LogP contribution in [0.1, 0.15) is 17.2 Å². The maximum atomic E-state index is 13.7. The molecular weight excluding hydrogens is 321 g/mol. The molecule has 2 aromatic rings. The zero-order chi connectivity index (χ0) is 13.1. The molecule has 0 saturated carbocycles. The smallest absolute Gasteiger partial charge is 0.130 e. The number of aromatic nitrogens is 1. The van der Waals surface area contributed by atoms with Crippen molar-refractivity contribution in [1.82, 2.24) is 4.98 Å². The number of aliphatic hydroxyl groups excluding tert-OH is 1. The van der Waals surface area contributed by atoms with Crippen LogP contribution >= 0.6 is 27.5 Å². The second-order valence-electron chi connectivity index (χ2n) is 3.82. The number of halogens is 3. The van der Waals surface area contributed by atoms with E-state index in [0.717, 1.165) is 5.56 Å². The SMILES string of the molecule is OC(Cc1ccncc1Cl)c1c(F)cccc1Br. The number of aliphatic hydroxyl groups is 1. The van der Waals surface area contributed by atoms with E-state index in [1.165, 1.54) is 12.3 Å². The summed E-state index contributed by atoms with van der Waals surface area (Å²) < 4.78 is 14.2. The molecule has 1 heterocycles. The third-order valence-corrected chi connectivity index (χ3v) is 3.63. The van der Waals surface area contributed by atoms with E-state index in [1.54, 1.807) is 24.4 Å². The lowest BCUT2D eigenvalue weighted by Gasteiger charge is -2.14. The minimum Gasteiger partial charge on any atom is -0.388 e. The summed E-state index contributed by atoms with van der Waals surface area (Å²) in [6, 6.07) is 6.29. The summed E-state index contributed by atoms with van der Waals surface area (Å²) in [4.78, 5) is 3.86. The van der Waals surface area contributed by atoms with Gasteiger partial charge in [0.05, 0.1) is 11.1 Å². The van der Waals surface area contributed by atoms with Gasteiger partial charge in [0, 0.05) is 28.9 Å². The van der Waals surface area contributed by atoms with Gasteiger partial charge in [0.25, 0.3) is 0 Å². The molecular formula is C13H10BrClFNO. The highest BCUT2D eigenvalue weighted by atomic mass is 79.9. The molecule has 0 spiro atoms. The fraction of sp³-hybridized carbons (Fsp3) is 0.154. The van der Waals surface area contributed by atoms with Crippen molar-refractivity contribution in [2.24, 2.45) is 0 Å². The second kappa shape index (κ2) is 5.78. The highest BCUT2D eigenvalue weighted by molar-refractivity contribution is 9.10. The summed E-state index contributed by atoms with van der Waals surface area (Å²) in [5.74, 6) is -0.443. The molecule has 0 radical (unpaired) electrons. The van der Waals surface area contributed by atoms with E-state index in [2.05, 4.69) is 20.9 Å². The number of nitrogens with zero attached hydrogens (tertiary/aromatic N) is 1. The molecule has 0 bridgehead atoms. The Morgan fingerprint density at radius 1 is 1.39 bits per heavy atom. The first-order valence-corrected chi connectivity index (χ1v) is 6.47. The van der Waals surface area contributed by atoms with Gasteiger partial charge in [-0.15, -0.1) is 0 Å². The molecule has 0 aliphatic carbocycles. The standard InChI is InChI=1S/C13H10BrClFNO/c14-9-2-1-3-11(16)13(9)12(18)6-8-4-5-17-7-10(8)15/h1-5,7,12,18H,6H2. The minimum atomic E-state index is -0.958. The Balaban J connectivity index is 2.28. The summed E-state index contributed by atoms with van der Waals surface area (Å²) in [7, 11) is 0. The van der Waals surface area contributed by atoms with Gasteiger partial charge in [-0.1, -0.05) is 33.6 Å². The molecule has 1 N–H and O–H groups in total. The van der Waals surface area contributed by atoms with Crippen LogP contribution in [0.2, 0.25) is 5.02 Å². The third kappa shape index (κ3) is 2.88. The summed E-state index contributed by atoms with van der Waals surface area (Å²) >= 11 is 9.19. The van der Waals surface area contributed by atoms with Crippen molar-refractivity contribution in [3.8, 4) is 0 Å². The van der Waals surface area contributed by atoms with Gasteiger partial charge in [-0.05, 0) is 23.8 Å². The predicted octanol–water partition coefficient (Wildman–Crippen LogP) is 3.91. The van der Waals surface area contributed by atoms with Gasteiger partial charge in [-0.3, -0.25) is 4.98 Å². The van der Waals surface area contributed by atoms with Crippen molar-refractivity contribution in [2.75, 3.05) is 0 Å². The van der Waals surface area contributed by atoms with Crippen LogP contribution in [0.25, 0.3) is 0 Å². The average molecular weight is 331 g/mol. The quantitative estimate of drug-likeness (QED) is 0.925. The van der Waals surface area contributed by atoms with Crippen LogP contribution in [0.15, 0.2) is 41.1 Å². The van der Waals surface area contributed by atoms with Gasteiger partial charge in [-0.25, -0.2) is 4.39 Å². The molecule has 1 aromatic heterocycles. The molecule has 1 aromatic carbocycles. The van der Waals surface area contributed by atoms with Gasteiger partial charge in [0.15, 0.2) is 0 Å². The molecule has 94 valence electrons. The number of rotatable bonds is 3. The van der Waals surface area contributed by atoms with Gasteiger partial charge >= 0.3 is 0 Å². The first kappa shape index (κ1) is 13.5. The molecule has 2 nitrogen and oxygen atoms in total. The zero-order valence-corrected chi connectivity index (χ0v) is 11.6. The normalized spacial score (nSPS) is 12.4. The lowest BCUT2D eigenvalue weighted by atomic mass is 10.0. The highest BCUT2D eigenvalue weighted by Crippen LogP contribution is 2.29. The van der Waals surface area contributed by atoms with Crippen LogP contribution in [0.3, 0.4) is 0 Å². The Hall–Kier alpha value is -0.970. The van der Waals surface area contributed by atoms with Gasteiger partial charge in [0.2, 0.25) is 0 Å². The number of benzene rings is 1. The van der Waals surface area contributed by atoms with Gasteiger partial charge < -0.3 is 5.11 Å². The van der Waals surface area contributed by atoms with E-state index < -0.39 is 11.9 Å². The molecule has 0 saturated heterocycles.